The Hall–Kier alpha value is -2.10. The Kier molecular flexibility index (Phi) is 5.79. The zero-order valence-corrected chi connectivity index (χ0v) is 11.6. The molecule has 1 aromatic rings. The number of carbonyl (C=O) groups excluding carboxylic acids is 2. The lowest BCUT2D eigenvalue weighted by Gasteiger charge is -2.20. The highest BCUT2D eigenvalue weighted by atomic mass is 16.5. The normalized spacial score (nSPS) is 10.5. The fraction of sp³-hybridized carbons (Fsp3) is 0.333. The van der Waals surface area contributed by atoms with Crippen LogP contribution in [-0.2, 0) is 9.53 Å². The Labute approximate surface area is 113 Å². The summed E-state index contributed by atoms with van der Waals surface area (Å²) in [6.07, 6.45) is 2.35. The molecule has 1 rings (SSSR count). The van der Waals surface area contributed by atoms with Crippen LogP contribution in [0.2, 0.25) is 0 Å². The van der Waals surface area contributed by atoms with Crippen LogP contribution in [0.1, 0.15) is 24.2 Å². The van der Waals surface area contributed by atoms with E-state index in [2.05, 4.69) is 23.5 Å². The molecule has 0 aromatic heterocycles. The lowest BCUT2D eigenvalue weighted by atomic mass is 10.1. The van der Waals surface area contributed by atoms with Crippen LogP contribution in [-0.4, -0.2) is 32.0 Å². The number of nitrogens with zero attached hydrogens (tertiary/aromatic N) is 1. The zero-order chi connectivity index (χ0) is 14.3. The van der Waals surface area contributed by atoms with E-state index >= 15 is 0 Å². The quantitative estimate of drug-likeness (QED) is 0.448. The highest BCUT2D eigenvalue weighted by molar-refractivity contribution is 6.07. The van der Waals surface area contributed by atoms with Crippen LogP contribution < -0.4 is 4.90 Å². The van der Waals surface area contributed by atoms with Gasteiger partial charge >= 0.3 is 5.97 Å². The summed E-state index contributed by atoms with van der Waals surface area (Å²) in [6.45, 7) is 6.02. The maximum Gasteiger partial charge on any atom is 0.330 e. The molecule has 0 atom stereocenters. The van der Waals surface area contributed by atoms with E-state index in [1.165, 1.54) is 13.2 Å². The van der Waals surface area contributed by atoms with Crippen molar-refractivity contribution in [1.29, 1.82) is 0 Å². The molecule has 102 valence electrons. The van der Waals surface area contributed by atoms with Gasteiger partial charge in [0, 0.05) is 30.4 Å². The summed E-state index contributed by atoms with van der Waals surface area (Å²) in [5.41, 5.74) is 1.63. The topological polar surface area (TPSA) is 46.6 Å². The number of carbonyl (C=O) groups is 2. The SMILES string of the molecule is CCN(CC)c1ccc(C(=O)C=CC(=O)OC)cc1. The third kappa shape index (κ3) is 4.25. The van der Waals surface area contributed by atoms with Gasteiger partial charge in [-0.05, 0) is 44.2 Å². The van der Waals surface area contributed by atoms with Crippen molar-refractivity contribution in [3.63, 3.8) is 0 Å². The first-order chi connectivity index (χ1) is 9.12. The number of esters is 1. The molecule has 0 radical (unpaired) electrons. The van der Waals surface area contributed by atoms with Gasteiger partial charge in [-0.3, -0.25) is 4.79 Å². The van der Waals surface area contributed by atoms with Crippen molar-refractivity contribution in [2.24, 2.45) is 0 Å². The van der Waals surface area contributed by atoms with E-state index in [1.54, 1.807) is 12.1 Å². The molecule has 0 aliphatic rings. The maximum atomic E-state index is 11.8. The van der Waals surface area contributed by atoms with Crippen LogP contribution in [0.4, 0.5) is 5.69 Å². The van der Waals surface area contributed by atoms with Crippen LogP contribution in [0.25, 0.3) is 0 Å². The third-order valence-corrected chi connectivity index (χ3v) is 2.85. The van der Waals surface area contributed by atoms with E-state index in [0.29, 0.717) is 5.56 Å². The fourth-order valence-corrected chi connectivity index (χ4v) is 1.73. The minimum absolute atomic E-state index is 0.212. The van der Waals surface area contributed by atoms with E-state index < -0.39 is 5.97 Å². The van der Waals surface area contributed by atoms with Crippen molar-refractivity contribution in [3.05, 3.63) is 42.0 Å². The second-order valence-corrected chi connectivity index (χ2v) is 3.94. The summed E-state index contributed by atoms with van der Waals surface area (Å²) in [4.78, 5) is 24.9. The standard InChI is InChI=1S/C15H19NO3/c1-4-16(5-2)13-8-6-12(7-9-13)14(17)10-11-15(18)19-3/h6-11H,4-5H2,1-3H3. The Morgan fingerprint density at radius 1 is 1.11 bits per heavy atom. The highest BCUT2D eigenvalue weighted by Crippen LogP contribution is 2.15. The van der Waals surface area contributed by atoms with Gasteiger partial charge in [-0.25, -0.2) is 4.79 Å². The molecule has 0 bridgehead atoms. The van der Waals surface area contributed by atoms with Gasteiger partial charge in [-0.15, -0.1) is 0 Å². The van der Waals surface area contributed by atoms with Gasteiger partial charge in [0.1, 0.15) is 0 Å². The molecule has 1 aromatic carbocycles. The van der Waals surface area contributed by atoms with Crippen LogP contribution in [0.5, 0.6) is 0 Å². The van der Waals surface area contributed by atoms with Crippen LogP contribution >= 0.6 is 0 Å². The van der Waals surface area contributed by atoms with Crippen LogP contribution in [0.3, 0.4) is 0 Å². The van der Waals surface area contributed by atoms with Gasteiger partial charge in [0.05, 0.1) is 7.11 Å². The van der Waals surface area contributed by atoms with E-state index in [0.717, 1.165) is 24.9 Å². The second-order valence-electron chi connectivity index (χ2n) is 3.94. The predicted octanol–water partition coefficient (Wildman–Crippen LogP) is 2.44. The largest absolute Gasteiger partial charge is 0.466 e. The molecule has 19 heavy (non-hydrogen) atoms. The number of rotatable bonds is 6. The number of ether oxygens (including phenoxy) is 1. The van der Waals surface area contributed by atoms with E-state index in [9.17, 15) is 9.59 Å². The third-order valence-electron chi connectivity index (χ3n) is 2.85. The first-order valence-corrected chi connectivity index (χ1v) is 6.27. The average Bonchev–Trinajstić information content (AvgIpc) is 2.46. The molecule has 0 saturated carbocycles. The molecule has 0 aliphatic carbocycles. The number of hydrogen-bond donors (Lipinski definition) is 0. The van der Waals surface area contributed by atoms with Gasteiger partial charge in [0.25, 0.3) is 0 Å². The summed E-state index contributed by atoms with van der Waals surface area (Å²) in [5, 5.41) is 0. The second kappa shape index (κ2) is 7.36. The van der Waals surface area contributed by atoms with Crippen LogP contribution in [0.15, 0.2) is 36.4 Å². The summed E-state index contributed by atoms with van der Waals surface area (Å²) in [5.74, 6) is -0.746. The van der Waals surface area contributed by atoms with Crippen molar-refractivity contribution in [1.82, 2.24) is 0 Å². The van der Waals surface area contributed by atoms with E-state index in [-0.39, 0.29) is 5.78 Å². The number of hydrogen-bond acceptors (Lipinski definition) is 4. The molecule has 0 aliphatic heterocycles. The Morgan fingerprint density at radius 2 is 1.68 bits per heavy atom. The molecule has 0 saturated heterocycles. The van der Waals surface area contributed by atoms with Crippen molar-refractivity contribution < 1.29 is 14.3 Å². The lowest BCUT2D eigenvalue weighted by molar-refractivity contribution is -0.134. The van der Waals surface area contributed by atoms with Gasteiger partial charge < -0.3 is 9.64 Å². The number of ketones is 1. The molecule has 0 fully saturated rings. The van der Waals surface area contributed by atoms with Gasteiger partial charge in [0.2, 0.25) is 0 Å². The molecule has 4 nitrogen and oxygen atoms in total. The summed E-state index contributed by atoms with van der Waals surface area (Å²) >= 11 is 0. The van der Waals surface area contributed by atoms with Crippen molar-refractivity contribution >= 4 is 17.4 Å². The van der Waals surface area contributed by atoms with Crippen molar-refractivity contribution in [2.45, 2.75) is 13.8 Å². The molecule has 4 heteroatoms. The summed E-state index contributed by atoms with van der Waals surface area (Å²) in [7, 11) is 1.27. The molecule has 0 heterocycles. The fourth-order valence-electron chi connectivity index (χ4n) is 1.73. The Morgan fingerprint density at radius 3 is 2.16 bits per heavy atom. The zero-order valence-electron chi connectivity index (χ0n) is 11.6. The average molecular weight is 261 g/mol. The van der Waals surface area contributed by atoms with Gasteiger partial charge in [0.15, 0.2) is 5.78 Å². The smallest absolute Gasteiger partial charge is 0.330 e. The van der Waals surface area contributed by atoms with Gasteiger partial charge in [-0.1, -0.05) is 0 Å². The predicted molar refractivity (Wildman–Crippen MR) is 75.5 cm³/mol. The minimum atomic E-state index is -0.534. The number of anilines is 1. The van der Waals surface area contributed by atoms with Crippen molar-refractivity contribution in [3.8, 4) is 0 Å². The molecule has 0 spiro atoms. The monoisotopic (exact) mass is 261 g/mol. The molecule has 0 unspecified atom stereocenters. The number of allylic oxidation sites excluding steroid dienone is 1. The maximum absolute atomic E-state index is 11.8. The minimum Gasteiger partial charge on any atom is -0.466 e. The lowest BCUT2D eigenvalue weighted by Crippen LogP contribution is -2.21. The van der Waals surface area contributed by atoms with Gasteiger partial charge in [-0.2, -0.15) is 0 Å². The summed E-state index contributed by atoms with van der Waals surface area (Å²) < 4.78 is 4.43. The first-order valence-electron chi connectivity index (χ1n) is 6.27. The highest BCUT2D eigenvalue weighted by Gasteiger charge is 2.05. The molecule has 0 N–H and O–H groups in total. The summed E-state index contributed by atoms with van der Waals surface area (Å²) in [6, 6.07) is 7.34. The Bertz CT molecular complexity index is 459. The number of methoxy groups -OCH3 is 1. The first kappa shape index (κ1) is 15.0. The van der Waals surface area contributed by atoms with E-state index in [4.69, 9.17) is 0 Å². The Balaban J connectivity index is 2.78. The van der Waals surface area contributed by atoms with Crippen molar-refractivity contribution in [2.75, 3.05) is 25.1 Å². The number of benzene rings is 1. The van der Waals surface area contributed by atoms with Crippen LogP contribution in [0, 0.1) is 0 Å². The van der Waals surface area contributed by atoms with E-state index in [1.807, 2.05) is 12.1 Å². The molecule has 0 amide bonds. The molecular formula is C15H19NO3. The molecular weight excluding hydrogens is 242 g/mol.